The first-order valence-corrected chi connectivity index (χ1v) is 17.5. The van der Waals surface area contributed by atoms with Gasteiger partial charge < -0.3 is 24.1 Å². The molecule has 3 aliphatic rings. The summed E-state index contributed by atoms with van der Waals surface area (Å²) in [6, 6.07) is 25.5. The number of benzene rings is 3. The van der Waals surface area contributed by atoms with Crippen LogP contribution < -0.4 is 14.5 Å². The minimum atomic E-state index is -0.386. The van der Waals surface area contributed by atoms with Gasteiger partial charge in [0.2, 0.25) is 6.54 Å². The first kappa shape index (κ1) is 32.7. The molecule has 0 radical (unpaired) electrons. The molecule has 10 nitrogen and oxygen atoms in total. The zero-order valence-corrected chi connectivity index (χ0v) is 28.5. The van der Waals surface area contributed by atoms with Crippen molar-refractivity contribution in [3.8, 4) is 6.01 Å². The van der Waals surface area contributed by atoms with Crippen LogP contribution in [-0.4, -0.2) is 89.9 Å². The summed E-state index contributed by atoms with van der Waals surface area (Å²) in [6.45, 7) is 17.2. The summed E-state index contributed by atoms with van der Waals surface area (Å²) in [5.74, 6) is 0.858. The lowest BCUT2D eigenvalue weighted by Crippen LogP contribution is -2.57. The number of hydrogen-bond acceptors (Lipinski definition) is 8. The van der Waals surface area contributed by atoms with E-state index in [1.165, 1.54) is 22.9 Å². The highest BCUT2D eigenvalue weighted by Gasteiger charge is 2.36. The highest BCUT2D eigenvalue weighted by atomic mass is 16.6. The van der Waals surface area contributed by atoms with Crippen LogP contribution in [0.2, 0.25) is 0 Å². The normalized spacial score (nSPS) is 19.6. The summed E-state index contributed by atoms with van der Waals surface area (Å²) in [7, 11) is 0. The van der Waals surface area contributed by atoms with Gasteiger partial charge in [0.25, 0.3) is 0 Å². The number of aromatic nitrogens is 2. The van der Waals surface area contributed by atoms with Crippen LogP contribution in [-0.2, 0) is 24.3 Å². The number of likely N-dealkylation sites (tertiary alicyclic amines) is 1. The Labute approximate surface area is 289 Å². The van der Waals surface area contributed by atoms with Crippen molar-refractivity contribution in [2.24, 2.45) is 0 Å². The van der Waals surface area contributed by atoms with Crippen LogP contribution in [0.5, 0.6) is 6.01 Å². The van der Waals surface area contributed by atoms with Crippen LogP contribution >= 0.6 is 0 Å². The Balaban J connectivity index is 1.15. The third kappa shape index (κ3) is 7.13. The number of anilines is 2. The van der Waals surface area contributed by atoms with Crippen LogP contribution in [0.15, 0.2) is 72.8 Å². The van der Waals surface area contributed by atoms with E-state index in [2.05, 4.69) is 75.9 Å². The maximum atomic E-state index is 13.3. The fourth-order valence-corrected chi connectivity index (χ4v) is 7.64. The molecule has 0 bridgehead atoms. The number of hydrogen-bond donors (Lipinski definition) is 0. The molecule has 1 amide bonds. The van der Waals surface area contributed by atoms with E-state index in [0.29, 0.717) is 50.9 Å². The largest absolute Gasteiger partial charge is 0.462 e. The van der Waals surface area contributed by atoms with E-state index >= 15 is 0 Å². The minimum absolute atomic E-state index is 0.190. The molecule has 4 aromatic rings. The van der Waals surface area contributed by atoms with Crippen LogP contribution in [0.1, 0.15) is 43.5 Å². The molecule has 7 rings (SSSR count). The third-order valence-corrected chi connectivity index (χ3v) is 10.1. The van der Waals surface area contributed by atoms with Crippen LogP contribution in [0.4, 0.5) is 16.3 Å². The molecule has 254 valence electrons. The van der Waals surface area contributed by atoms with Crippen LogP contribution in [0.3, 0.4) is 0 Å². The van der Waals surface area contributed by atoms with Crippen LogP contribution in [0.25, 0.3) is 15.6 Å². The van der Waals surface area contributed by atoms with Gasteiger partial charge in [-0.2, -0.15) is 9.97 Å². The maximum absolute atomic E-state index is 13.3. The number of piperazine rings is 1. The Morgan fingerprint density at radius 3 is 2.59 bits per heavy atom. The maximum Gasteiger partial charge on any atom is 0.410 e. The Morgan fingerprint density at radius 1 is 0.939 bits per heavy atom. The van der Waals surface area contributed by atoms with Crippen molar-refractivity contribution in [1.82, 2.24) is 19.8 Å². The topological polar surface area (TPSA) is 78.6 Å². The van der Waals surface area contributed by atoms with Crippen molar-refractivity contribution in [1.29, 1.82) is 0 Å². The molecule has 0 spiro atoms. The van der Waals surface area contributed by atoms with E-state index in [4.69, 9.17) is 26.0 Å². The summed E-state index contributed by atoms with van der Waals surface area (Å²) in [6.07, 6.45) is 2.67. The van der Waals surface area contributed by atoms with Gasteiger partial charge in [0.1, 0.15) is 25.1 Å². The van der Waals surface area contributed by atoms with Gasteiger partial charge in [-0.1, -0.05) is 66.7 Å². The minimum Gasteiger partial charge on any atom is -0.462 e. The number of nitrogens with zero attached hydrogens (tertiary/aromatic N) is 7. The summed E-state index contributed by atoms with van der Waals surface area (Å²) in [5.41, 5.74) is 4.22. The second kappa shape index (κ2) is 14.7. The smallest absolute Gasteiger partial charge is 0.410 e. The zero-order chi connectivity index (χ0) is 33.7. The number of carbonyl (C=O) groups excluding carboxylic acids is 1. The Hall–Kier alpha value is -4.88. The molecule has 2 fully saturated rings. The van der Waals surface area contributed by atoms with Crippen molar-refractivity contribution < 1.29 is 14.3 Å². The molecule has 4 heterocycles. The van der Waals surface area contributed by atoms with Gasteiger partial charge in [-0.25, -0.2) is 11.4 Å². The molecule has 2 atom stereocenters. The van der Waals surface area contributed by atoms with Gasteiger partial charge in [0, 0.05) is 54.9 Å². The molecular formula is C39H45N7O3. The van der Waals surface area contributed by atoms with Crippen LogP contribution in [0, 0.1) is 6.57 Å². The predicted molar refractivity (Wildman–Crippen MR) is 192 cm³/mol. The molecule has 3 aromatic carbocycles. The Morgan fingerprint density at radius 2 is 1.76 bits per heavy atom. The Kier molecular flexibility index (Phi) is 9.80. The lowest BCUT2D eigenvalue weighted by Gasteiger charge is -2.40. The Bertz CT molecular complexity index is 1800. The van der Waals surface area contributed by atoms with Gasteiger partial charge in [-0.3, -0.25) is 9.80 Å². The first-order chi connectivity index (χ1) is 24.0. The molecule has 0 N–H and O–H groups in total. The van der Waals surface area contributed by atoms with E-state index in [9.17, 15) is 4.79 Å². The summed E-state index contributed by atoms with van der Waals surface area (Å²) < 4.78 is 12.1. The van der Waals surface area contributed by atoms with E-state index < -0.39 is 0 Å². The van der Waals surface area contributed by atoms with Gasteiger partial charge >= 0.3 is 12.1 Å². The molecular weight excluding hydrogens is 614 g/mol. The lowest BCUT2D eigenvalue weighted by molar-refractivity contribution is 0.0788. The van der Waals surface area contributed by atoms with Crippen molar-refractivity contribution in [2.45, 2.75) is 64.4 Å². The molecule has 0 aliphatic carbocycles. The highest BCUT2D eigenvalue weighted by molar-refractivity contribution is 5.94. The zero-order valence-electron chi connectivity index (χ0n) is 28.5. The van der Waals surface area contributed by atoms with Gasteiger partial charge in [-0.05, 0) is 56.7 Å². The van der Waals surface area contributed by atoms with Crippen molar-refractivity contribution >= 4 is 28.4 Å². The monoisotopic (exact) mass is 659 g/mol. The van der Waals surface area contributed by atoms with Crippen molar-refractivity contribution in [3.63, 3.8) is 0 Å². The van der Waals surface area contributed by atoms with Crippen molar-refractivity contribution in [2.75, 3.05) is 55.7 Å². The number of ether oxygens (including phenoxy) is 2. The fraction of sp³-hybridized carbons (Fsp3) is 0.436. The standard InChI is InChI=1S/C39H45N7O3/c1-28(2)45-19-10-15-31(45)27-48-38-41-35-25-43(36-17-9-14-30-13-7-8-16-33(30)36)20-18-34(35)37(42-38)44-21-22-46(32(24-44)23-40-3)39(47)49-26-29-11-5-4-6-12-29/h4-9,11-14,16-17,28,31-32H,10,15,18-27H2,1-2H3/t31-,32-/m0/s1. The summed E-state index contributed by atoms with van der Waals surface area (Å²) >= 11 is 0. The first-order valence-electron chi connectivity index (χ1n) is 17.5. The molecule has 3 aliphatic heterocycles. The van der Waals surface area contributed by atoms with Gasteiger partial charge in [-0.15, -0.1) is 0 Å². The lowest BCUT2D eigenvalue weighted by atomic mass is 10.0. The van der Waals surface area contributed by atoms with E-state index in [0.717, 1.165) is 48.6 Å². The molecule has 49 heavy (non-hydrogen) atoms. The fourth-order valence-electron chi connectivity index (χ4n) is 7.64. The molecule has 0 unspecified atom stereocenters. The summed E-state index contributed by atoms with van der Waals surface area (Å²) in [5, 5.41) is 2.45. The quantitative estimate of drug-likeness (QED) is 0.197. The van der Waals surface area contributed by atoms with Gasteiger partial charge in [0.15, 0.2) is 0 Å². The summed E-state index contributed by atoms with van der Waals surface area (Å²) in [4.78, 5) is 36.0. The SMILES string of the molecule is [C-]#[N+]C[C@H]1CN(c2nc(OC[C@@H]3CCCN3C(C)C)nc3c2CCN(c2cccc4ccccc24)C3)CCN1C(=O)OCc1ccccc1. The average molecular weight is 660 g/mol. The van der Waals surface area contributed by atoms with E-state index in [1.807, 2.05) is 30.3 Å². The number of fused-ring (bicyclic) bond motifs is 2. The molecule has 2 saturated heterocycles. The van der Waals surface area contributed by atoms with E-state index in [-0.39, 0.29) is 25.3 Å². The molecule has 10 heteroatoms. The van der Waals surface area contributed by atoms with Crippen molar-refractivity contribution in [3.05, 3.63) is 101 Å². The number of amides is 1. The number of rotatable bonds is 9. The average Bonchev–Trinajstić information content (AvgIpc) is 3.62. The van der Waals surface area contributed by atoms with E-state index in [1.54, 1.807) is 4.90 Å². The molecule has 0 saturated carbocycles. The third-order valence-electron chi connectivity index (χ3n) is 10.1. The second-order valence-corrected chi connectivity index (χ2v) is 13.5. The number of carbonyl (C=O) groups is 1. The second-order valence-electron chi connectivity index (χ2n) is 13.5. The van der Waals surface area contributed by atoms with Gasteiger partial charge in [0.05, 0.1) is 12.2 Å². The predicted octanol–water partition coefficient (Wildman–Crippen LogP) is 6.19. The molecule has 1 aromatic heterocycles. The highest BCUT2D eigenvalue weighted by Crippen LogP contribution is 2.35.